The molecular weight excluding hydrogens is 220 g/mol. The Hall–Kier alpha value is -1.62. The standard InChI is InChI=1S/C12H20N2O3/c1-6-13(10(4)15)12(9-17-8-3)14(7-2)11(5)16/h6-7,12H,1-2,8-9H2,3-5H3. The highest BCUT2D eigenvalue weighted by atomic mass is 16.5. The second kappa shape index (κ2) is 7.62. The van der Waals surface area contributed by atoms with Crippen LogP contribution in [-0.2, 0) is 14.3 Å². The summed E-state index contributed by atoms with van der Waals surface area (Å²) in [7, 11) is 0. The van der Waals surface area contributed by atoms with Gasteiger partial charge in [-0.25, -0.2) is 0 Å². The Balaban J connectivity index is 5.06. The van der Waals surface area contributed by atoms with Crippen molar-refractivity contribution in [2.75, 3.05) is 13.2 Å². The molecule has 5 nitrogen and oxygen atoms in total. The van der Waals surface area contributed by atoms with Crippen LogP contribution in [0.2, 0.25) is 0 Å². The van der Waals surface area contributed by atoms with Crippen LogP contribution in [0.1, 0.15) is 20.8 Å². The Bertz CT molecular complexity index is 276. The average Bonchev–Trinajstić information content (AvgIpc) is 2.25. The molecule has 0 aliphatic carbocycles. The van der Waals surface area contributed by atoms with Crippen molar-refractivity contribution < 1.29 is 14.3 Å². The third kappa shape index (κ3) is 4.40. The quantitative estimate of drug-likeness (QED) is 0.631. The smallest absolute Gasteiger partial charge is 0.225 e. The van der Waals surface area contributed by atoms with Crippen molar-refractivity contribution in [1.82, 2.24) is 9.80 Å². The lowest BCUT2D eigenvalue weighted by molar-refractivity contribution is -0.140. The minimum atomic E-state index is -0.542. The van der Waals surface area contributed by atoms with Crippen molar-refractivity contribution in [2.24, 2.45) is 0 Å². The van der Waals surface area contributed by atoms with Crippen LogP contribution in [-0.4, -0.2) is 41.0 Å². The Morgan fingerprint density at radius 1 is 1.18 bits per heavy atom. The Kier molecular flexibility index (Phi) is 6.89. The lowest BCUT2D eigenvalue weighted by Crippen LogP contribution is -2.50. The molecule has 2 amide bonds. The van der Waals surface area contributed by atoms with Gasteiger partial charge in [-0.3, -0.25) is 19.4 Å². The van der Waals surface area contributed by atoms with Crippen LogP contribution in [0.3, 0.4) is 0 Å². The monoisotopic (exact) mass is 240 g/mol. The van der Waals surface area contributed by atoms with Gasteiger partial charge in [0.05, 0.1) is 6.61 Å². The van der Waals surface area contributed by atoms with Crippen molar-refractivity contribution in [2.45, 2.75) is 26.9 Å². The molecule has 0 spiro atoms. The molecule has 0 saturated carbocycles. The van der Waals surface area contributed by atoms with Crippen molar-refractivity contribution >= 4 is 11.8 Å². The van der Waals surface area contributed by atoms with E-state index in [0.29, 0.717) is 6.61 Å². The molecule has 0 aliphatic heterocycles. The van der Waals surface area contributed by atoms with Crippen molar-refractivity contribution in [1.29, 1.82) is 0 Å². The summed E-state index contributed by atoms with van der Waals surface area (Å²) in [6, 6.07) is 0. The third-order valence-electron chi connectivity index (χ3n) is 2.23. The van der Waals surface area contributed by atoms with Gasteiger partial charge in [0, 0.05) is 32.9 Å². The van der Waals surface area contributed by atoms with E-state index >= 15 is 0 Å². The van der Waals surface area contributed by atoms with E-state index in [1.807, 2.05) is 6.92 Å². The number of ether oxygens (including phenoxy) is 1. The fraction of sp³-hybridized carbons (Fsp3) is 0.500. The highest BCUT2D eigenvalue weighted by Gasteiger charge is 2.25. The van der Waals surface area contributed by atoms with E-state index in [9.17, 15) is 9.59 Å². The predicted molar refractivity (Wildman–Crippen MR) is 65.7 cm³/mol. The van der Waals surface area contributed by atoms with Crippen LogP contribution in [0.15, 0.2) is 25.6 Å². The molecule has 5 heteroatoms. The van der Waals surface area contributed by atoms with Gasteiger partial charge in [0.2, 0.25) is 11.8 Å². The molecule has 0 aromatic heterocycles. The minimum absolute atomic E-state index is 0.210. The largest absolute Gasteiger partial charge is 0.378 e. The van der Waals surface area contributed by atoms with Gasteiger partial charge in [-0.1, -0.05) is 13.2 Å². The van der Waals surface area contributed by atoms with Crippen LogP contribution in [0, 0.1) is 0 Å². The Morgan fingerprint density at radius 2 is 1.59 bits per heavy atom. The van der Waals surface area contributed by atoms with E-state index in [-0.39, 0.29) is 18.4 Å². The molecule has 0 heterocycles. The molecule has 0 aromatic rings. The van der Waals surface area contributed by atoms with Gasteiger partial charge < -0.3 is 4.74 Å². The highest BCUT2D eigenvalue weighted by molar-refractivity contribution is 5.78. The molecule has 96 valence electrons. The van der Waals surface area contributed by atoms with Gasteiger partial charge in [0.15, 0.2) is 0 Å². The fourth-order valence-corrected chi connectivity index (χ4v) is 1.44. The third-order valence-corrected chi connectivity index (χ3v) is 2.23. The number of hydrogen-bond donors (Lipinski definition) is 0. The van der Waals surface area contributed by atoms with Crippen LogP contribution in [0.5, 0.6) is 0 Å². The van der Waals surface area contributed by atoms with Gasteiger partial charge in [0.25, 0.3) is 0 Å². The van der Waals surface area contributed by atoms with Gasteiger partial charge in [-0.2, -0.15) is 0 Å². The number of carbonyl (C=O) groups excluding carboxylic acids is 2. The SMILES string of the molecule is C=CN(C(C)=O)C(COCC)N(C=C)C(C)=O. The van der Waals surface area contributed by atoms with E-state index in [2.05, 4.69) is 13.2 Å². The minimum Gasteiger partial charge on any atom is -0.378 e. The van der Waals surface area contributed by atoms with Crippen LogP contribution < -0.4 is 0 Å². The van der Waals surface area contributed by atoms with E-state index in [1.54, 1.807) is 0 Å². The van der Waals surface area contributed by atoms with E-state index < -0.39 is 6.17 Å². The fourth-order valence-electron chi connectivity index (χ4n) is 1.44. The van der Waals surface area contributed by atoms with E-state index in [0.717, 1.165) is 0 Å². The van der Waals surface area contributed by atoms with Gasteiger partial charge in [0.1, 0.15) is 6.17 Å². The molecule has 0 aliphatic rings. The van der Waals surface area contributed by atoms with Crippen molar-refractivity contribution in [3.05, 3.63) is 25.6 Å². The zero-order valence-electron chi connectivity index (χ0n) is 10.7. The zero-order chi connectivity index (χ0) is 13.4. The first-order valence-electron chi connectivity index (χ1n) is 5.40. The average molecular weight is 240 g/mol. The first kappa shape index (κ1) is 15.4. The first-order valence-corrected chi connectivity index (χ1v) is 5.40. The lowest BCUT2D eigenvalue weighted by Gasteiger charge is -2.34. The summed E-state index contributed by atoms with van der Waals surface area (Å²) in [4.78, 5) is 25.6. The summed E-state index contributed by atoms with van der Waals surface area (Å²) in [5.74, 6) is -0.421. The molecule has 0 N–H and O–H groups in total. The van der Waals surface area contributed by atoms with E-state index in [1.165, 1.54) is 36.0 Å². The zero-order valence-corrected chi connectivity index (χ0v) is 10.7. The normalized spacial score (nSPS) is 9.88. The first-order chi connectivity index (χ1) is 7.99. The predicted octanol–water partition coefficient (Wildman–Crippen LogP) is 1.33. The van der Waals surface area contributed by atoms with Crippen LogP contribution in [0.25, 0.3) is 0 Å². The molecule has 0 unspecified atom stereocenters. The number of nitrogens with zero attached hydrogens (tertiary/aromatic N) is 2. The second-order valence-electron chi connectivity index (χ2n) is 3.36. The Morgan fingerprint density at radius 3 is 1.82 bits per heavy atom. The number of hydrogen-bond acceptors (Lipinski definition) is 3. The second-order valence-corrected chi connectivity index (χ2v) is 3.36. The maximum atomic E-state index is 11.4. The van der Waals surface area contributed by atoms with E-state index in [4.69, 9.17) is 4.74 Å². The molecule has 0 radical (unpaired) electrons. The van der Waals surface area contributed by atoms with Gasteiger partial charge in [-0.15, -0.1) is 0 Å². The number of amides is 2. The topological polar surface area (TPSA) is 49.9 Å². The summed E-state index contributed by atoms with van der Waals surface area (Å²) in [6.45, 7) is 12.5. The van der Waals surface area contributed by atoms with Crippen LogP contribution >= 0.6 is 0 Å². The van der Waals surface area contributed by atoms with Crippen LogP contribution in [0.4, 0.5) is 0 Å². The molecule has 0 fully saturated rings. The van der Waals surface area contributed by atoms with Crippen molar-refractivity contribution in [3.8, 4) is 0 Å². The molecule has 17 heavy (non-hydrogen) atoms. The molecule has 0 rings (SSSR count). The lowest BCUT2D eigenvalue weighted by atomic mass is 10.3. The maximum absolute atomic E-state index is 11.4. The molecule has 0 atom stereocenters. The molecule has 0 saturated heterocycles. The van der Waals surface area contributed by atoms with Gasteiger partial charge >= 0.3 is 0 Å². The van der Waals surface area contributed by atoms with Crippen molar-refractivity contribution in [3.63, 3.8) is 0 Å². The number of rotatable bonds is 7. The maximum Gasteiger partial charge on any atom is 0.225 e. The van der Waals surface area contributed by atoms with Gasteiger partial charge in [-0.05, 0) is 6.92 Å². The summed E-state index contributed by atoms with van der Waals surface area (Å²) in [5, 5.41) is 0. The molecular formula is C12H20N2O3. The summed E-state index contributed by atoms with van der Waals surface area (Å²) in [5.41, 5.74) is 0. The Labute approximate surface area is 102 Å². The summed E-state index contributed by atoms with van der Waals surface area (Å²) in [6.07, 6.45) is 2.22. The summed E-state index contributed by atoms with van der Waals surface area (Å²) >= 11 is 0. The highest BCUT2D eigenvalue weighted by Crippen LogP contribution is 2.09. The molecule has 0 aromatic carbocycles. The molecule has 0 bridgehead atoms. The number of carbonyl (C=O) groups is 2. The summed E-state index contributed by atoms with van der Waals surface area (Å²) < 4.78 is 5.28.